The number of nitrogens with zero attached hydrogens (tertiary/aromatic N) is 3. The van der Waals surface area contributed by atoms with Crippen LogP contribution in [0.2, 0.25) is 0 Å². The highest BCUT2D eigenvalue weighted by molar-refractivity contribution is 5.92. The minimum Gasteiger partial charge on any atom is -0.370 e. The molecule has 0 aliphatic rings. The van der Waals surface area contributed by atoms with Crippen molar-refractivity contribution in [1.29, 1.82) is 0 Å². The summed E-state index contributed by atoms with van der Waals surface area (Å²) < 4.78 is 0. The second-order valence-corrected chi connectivity index (χ2v) is 5.14. The molecule has 0 bridgehead atoms. The molecule has 1 unspecified atom stereocenters. The van der Waals surface area contributed by atoms with E-state index in [-0.39, 0.29) is 11.9 Å². The third-order valence-electron chi connectivity index (χ3n) is 3.09. The van der Waals surface area contributed by atoms with Gasteiger partial charge in [-0.2, -0.15) is 0 Å². The van der Waals surface area contributed by atoms with Gasteiger partial charge < -0.3 is 15.1 Å². The van der Waals surface area contributed by atoms with E-state index >= 15 is 0 Å². The first-order chi connectivity index (χ1) is 9.49. The number of likely N-dealkylation sites (N-methyl/N-ethyl adjacent to an activating group) is 2. The van der Waals surface area contributed by atoms with Gasteiger partial charge in [0.1, 0.15) is 11.5 Å². The first kappa shape index (κ1) is 16.4. The Balaban J connectivity index is 2.87. The van der Waals surface area contributed by atoms with Gasteiger partial charge in [-0.05, 0) is 47.0 Å². The van der Waals surface area contributed by atoms with Gasteiger partial charge in [0.2, 0.25) is 0 Å². The summed E-state index contributed by atoms with van der Waals surface area (Å²) in [6.45, 7) is 8.38. The average molecular weight is 278 g/mol. The molecule has 0 radical (unpaired) electrons. The summed E-state index contributed by atoms with van der Waals surface area (Å²) >= 11 is 0. The van der Waals surface area contributed by atoms with Crippen molar-refractivity contribution in [2.24, 2.45) is 0 Å². The lowest BCUT2D eigenvalue weighted by Crippen LogP contribution is -2.44. The average Bonchev–Trinajstić information content (AvgIpc) is 2.39. The Morgan fingerprint density at radius 3 is 2.60 bits per heavy atom. The molecule has 5 nitrogen and oxygen atoms in total. The number of hydrogen-bond donors (Lipinski definition) is 1. The summed E-state index contributed by atoms with van der Waals surface area (Å²) in [4.78, 5) is 20.9. The highest BCUT2D eigenvalue weighted by Crippen LogP contribution is 2.10. The Morgan fingerprint density at radius 1 is 1.35 bits per heavy atom. The third kappa shape index (κ3) is 4.49. The minimum atomic E-state index is -0.0124. The topological polar surface area (TPSA) is 48.5 Å². The van der Waals surface area contributed by atoms with Gasteiger partial charge in [0, 0.05) is 25.7 Å². The van der Waals surface area contributed by atoms with E-state index in [2.05, 4.69) is 22.1 Å². The highest BCUT2D eigenvalue weighted by Gasteiger charge is 2.21. The molecule has 1 amide bonds. The Bertz CT molecular complexity index is 434. The summed E-state index contributed by atoms with van der Waals surface area (Å²) in [7, 11) is 4.03. The van der Waals surface area contributed by atoms with Crippen molar-refractivity contribution in [3.63, 3.8) is 0 Å². The van der Waals surface area contributed by atoms with Gasteiger partial charge >= 0.3 is 0 Å². The Labute approximate surface area is 122 Å². The fourth-order valence-electron chi connectivity index (χ4n) is 2.26. The predicted molar refractivity (Wildman–Crippen MR) is 83.1 cm³/mol. The smallest absolute Gasteiger partial charge is 0.272 e. The number of pyridine rings is 1. The largest absolute Gasteiger partial charge is 0.370 e. The summed E-state index contributed by atoms with van der Waals surface area (Å²) in [5.74, 6) is 0.733. The minimum absolute atomic E-state index is 0.0124. The zero-order valence-electron chi connectivity index (χ0n) is 13.2. The fourth-order valence-corrected chi connectivity index (χ4v) is 2.26. The van der Waals surface area contributed by atoms with Gasteiger partial charge in [0.25, 0.3) is 5.91 Å². The van der Waals surface area contributed by atoms with E-state index in [1.54, 1.807) is 6.07 Å². The van der Waals surface area contributed by atoms with Crippen molar-refractivity contribution in [3.8, 4) is 0 Å². The van der Waals surface area contributed by atoms with Crippen LogP contribution in [0.1, 0.15) is 31.3 Å². The molecule has 1 aromatic heterocycles. The number of carbonyl (C=O) groups excluding carboxylic acids is 1. The lowest BCUT2D eigenvalue weighted by atomic mass is 10.2. The van der Waals surface area contributed by atoms with Crippen molar-refractivity contribution < 1.29 is 4.79 Å². The van der Waals surface area contributed by atoms with Crippen molar-refractivity contribution in [2.75, 3.05) is 39.0 Å². The zero-order valence-corrected chi connectivity index (χ0v) is 13.2. The van der Waals surface area contributed by atoms with Crippen LogP contribution in [0.25, 0.3) is 0 Å². The second kappa shape index (κ2) is 7.85. The number of carbonyl (C=O) groups is 1. The summed E-state index contributed by atoms with van der Waals surface area (Å²) in [6, 6.07) is 5.67. The van der Waals surface area contributed by atoms with Crippen LogP contribution in [-0.2, 0) is 0 Å². The molecule has 1 rings (SSSR count). The van der Waals surface area contributed by atoms with Crippen LogP contribution >= 0.6 is 0 Å². The number of rotatable bonds is 7. The standard InChI is InChI=1S/C15H26N4O/c1-6-16-14-10-8-9-13(17-14)15(20)19(7-2)12(3)11-18(4)5/h8-10,12H,6-7,11H2,1-5H3,(H,16,17). The Morgan fingerprint density at radius 2 is 2.05 bits per heavy atom. The fraction of sp³-hybridized carbons (Fsp3) is 0.600. The van der Waals surface area contributed by atoms with E-state index in [0.717, 1.165) is 18.9 Å². The van der Waals surface area contributed by atoms with Gasteiger partial charge in [-0.3, -0.25) is 4.79 Å². The van der Waals surface area contributed by atoms with Gasteiger partial charge in [-0.15, -0.1) is 0 Å². The van der Waals surface area contributed by atoms with Gasteiger partial charge in [0.15, 0.2) is 0 Å². The SMILES string of the molecule is CCNc1cccc(C(=O)N(CC)C(C)CN(C)C)n1. The predicted octanol–water partition coefficient (Wildman–Crippen LogP) is 1.93. The lowest BCUT2D eigenvalue weighted by Gasteiger charge is -2.30. The molecule has 0 fully saturated rings. The van der Waals surface area contributed by atoms with Crippen molar-refractivity contribution in [2.45, 2.75) is 26.8 Å². The summed E-state index contributed by atoms with van der Waals surface area (Å²) in [5, 5.41) is 3.13. The molecule has 0 aromatic carbocycles. The number of hydrogen-bond acceptors (Lipinski definition) is 4. The quantitative estimate of drug-likeness (QED) is 0.828. The first-order valence-electron chi connectivity index (χ1n) is 7.16. The molecule has 20 heavy (non-hydrogen) atoms. The molecule has 0 aliphatic carbocycles. The molecule has 0 saturated carbocycles. The van der Waals surface area contributed by atoms with Crippen LogP contribution < -0.4 is 5.32 Å². The van der Waals surface area contributed by atoms with Crippen LogP contribution in [-0.4, -0.2) is 60.5 Å². The normalized spacial score (nSPS) is 12.3. The van der Waals surface area contributed by atoms with Gasteiger partial charge in [0.05, 0.1) is 0 Å². The number of aromatic nitrogens is 1. The highest BCUT2D eigenvalue weighted by atomic mass is 16.2. The maximum Gasteiger partial charge on any atom is 0.272 e. The maximum absolute atomic E-state index is 12.6. The molecule has 1 heterocycles. The molecule has 0 saturated heterocycles. The van der Waals surface area contributed by atoms with E-state index in [0.29, 0.717) is 12.2 Å². The number of amides is 1. The zero-order chi connectivity index (χ0) is 15.1. The first-order valence-corrected chi connectivity index (χ1v) is 7.16. The van der Waals surface area contributed by atoms with E-state index in [1.165, 1.54) is 0 Å². The van der Waals surface area contributed by atoms with Gasteiger partial charge in [-0.25, -0.2) is 4.98 Å². The Hall–Kier alpha value is -1.62. The van der Waals surface area contributed by atoms with Crippen molar-refractivity contribution in [1.82, 2.24) is 14.8 Å². The summed E-state index contributed by atoms with van der Waals surface area (Å²) in [6.07, 6.45) is 0. The molecule has 5 heteroatoms. The molecule has 1 atom stereocenters. The van der Waals surface area contributed by atoms with E-state index in [9.17, 15) is 4.79 Å². The van der Waals surface area contributed by atoms with Crippen LogP contribution in [0.15, 0.2) is 18.2 Å². The van der Waals surface area contributed by atoms with Crippen LogP contribution in [0.5, 0.6) is 0 Å². The van der Waals surface area contributed by atoms with Crippen molar-refractivity contribution >= 4 is 11.7 Å². The van der Waals surface area contributed by atoms with E-state index in [1.807, 2.05) is 45.0 Å². The number of nitrogens with one attached hydrogen (secondary N) is 1. The third-order valence-corrected chi connectivity index (χ3v) is 3.09. The molecule has 112 valence electrons. The second-order valence-electron chi connectivity index (χ2n) is 5.14. The van der Waals surface area contributed by atoms with E-state index < -0.39 is 0 Å². The summed E-state index contributed by atoms with van der Waals surface area (Å²) in [5.41, 5.74) is 0.496. The monoisotopic (exact) mass is 278 g/mol. The van der Waals surface area contributed by atoms with Crippen LogP contribution in [0, 0.1) is 0 Å². The van der Waals surface area contributed by atoms with Gasteiger partial charge in [-0.1, -0.05) is 6.07 Å². The van der Waals surface area contributed by atoms with E-state index in [4.69, 9.17) is 0 Å². The molecular formula is C15H26N4O. The van der Waals surface area contributed by atoms with Crippen molar-refractivity contribution in [3.05, 3.63) is 23.9 Å². The lowest BCUT2D eigenvalue weighted by molar-refractivity contribution is 0.0673. The molecular weight excluding hydrogens is 252 g/mol. The maximum atomic E-state index is 12.6. The van der Waals surface area contributed by atoms with Crippen LogP contribution in [0.4, 0.5) is 5.82 Å². The number of anilines is 1. The molecule has 0 spiro atoms. The Kier molecular flexibility index (Phi) is 6.45. The molecule has 1 aromatic rings. The van der Waals surface area contributed by atoms with Crippen LogP contribution in [0.3, 0.4) is 0 Å². The molecule has 0 aliphatic heterocycles. The molecule has 1 N–H and O–H groups in total.